The Balaban J connectivity index is 0. The van der Waals surface area contributed by atoms with Crippen molar-refractivity contribution in [1.29, 1.82) is 0 Å². The van der Waals surface area contributed by atoms with Crippen LogP contribution >= 0.6 is 0 Å². The number of carboxylic acids is 2. The molecule has 0 aliphatic heterocycles. The van der Waals surface area contributed by atoms with Crippen LogP contribution in [0.25, 0.3) is 0 Å². The Hall–Kier alpha value is -1.58. The molecule has 0 aliphatic rings. The van der Waals surface area contributed by atoms with Gasteiger partial charge in [-0.3, -0.25) is 0 Å². The van der Waals surface area contributed by atoms with Crippen LogP contribution in [0.3, 0.4) is 0 Å². The maximum atomic E-state index is 9.99. The van der Waals surface area contributed by atoms with E-state index in [1.807, 2.05) is 6.92 Å². The highest BCUT2D eigenvalue weighted by atomic mass is 16.4. The number of hydrogen-bond acceptors (Lipinski definition) is 4. The maximum Gasteiger partial charge on any atom is 0.0668 e. The molecule has 0 saturated heterocycles. The summed E-state index contributed by atoms with van der Waals surface area (Å²) >= 11 is 0. The van der Waals surface area contributed by atoms with Gasteiger partial charge < -0.3 is 19.8 Å². The summed E-state index contributed by atoms with van der Waals surface area (Å²) < 4.78 is 0. The van der Waals surface area contributed by atoms with Crippen LogP contribution in [0.4, 0.5) is 0 Å². The molecule has 0 aromatic rings. The minimum atomic E-state index is -1.12. The highest BCUT2D eigenvalue weighted by Crippen LogP contribution is 2.02. The summed E-state index contributed by atoms with van der Waals surface area (Å²) in [4.78, 5) is 19.4. The van der Waals surface area contributed by atoms with Crippen LogP contribution in [0, 0.1) is 0 Å². The molecule has 0 aromatic carbocycles. The Kier molecular flexibility index (Phi) is 11.1. The first-order valence-corrected chi connectivity index (χ1v) is 4.65. The topological polar surface area (TPSA) is 80.3 Å². The summed E-state index contributed by atoms with van der Waals surface area (Å²) in [6, 6.07) is 0. The number of unbranched alkanes of at least 4 members (excludes halogenated alkanes) is 1. The molecule has 4 heteroatoms. The Morgan fingerprint density at radius 2 is 1.87 bits per heavy atom. The number of carboxylic acid groups (broad SMARTS) is 2. The van der Waals surface area contributed by atoms with E-state index < -0.39 is 11.9 Å². The molecular weight excluding hydrogens is 196 g/mol. The predicted molar refractivity (Wildman–Crippen MR) is 53.5 cm³/mol. The SMILES string of the molecule is C=C(CCCC)C(=O)[O-].C=CCC(=O)[O-]. The average molecular weight is 212 g/mol. The van der Waals surface area contributed by atoms with Crippen LogP contribution in [-0.4, -0.2) is 11.9 Å². The fourth-order valence-electron chi connectivity index (χ4n) is 0.610. The molecule has 0 rings (SSSR count). The summed E-state index contributed by atoms with van der Waals surface area (Å²) in [5.41, 5.74) is 0.205. The molecule has 0 aliphatic carbocycles. The molecule has 4 nitrogen and oxygen atoms in total. The van der Waals surface area contributed by atoms with Gasteiger partial charge in [0.2, 0.25) is 0 Å². The zero-order valence-electron chi connectivity index (χ0n) is 8.95. The van der Waals surface area contributed by atoms with Crippen LogP contribution in [-0.2, 0) is 9.59 Å². The summed E-state index contributed by atoms with van der Waals surface area (Å²) in [6.07, 6.45) is 3.66. The fraction of sp³-hybridized carbons (Fsp3) is 0.455. The van der Waals surface area contributed by atoms with E-state index in [2.05, 4.69) is 13.2 Å². The second-order valence-electron chi connectivity index (χ2n) is 2.86. The number of carbonyl (C=O) groups excluding carboxylic acids is 2. The van der Waals surface area contributed by atoms with Crippen molar-refractivity contribution in [1.82, 2.24) is 0 Å². The van der Waals surface area contributed by atoms with E-state index in [1.165, 1.54) is 6.08 Å². The number of carbonyl (C=O) groups is 2. The van der Waals surface area contributed by atoms with Crippen LogP contribution in [0.2, 0.25) is 0 Å². The summed E-state index contributed by atoms with van der Waals surface area (Å²) in [7, 11) is 0. The molecule has 0 aromatic heterocycles. The second-order valence-corrected chi connectivity index (χ2v) is 2.86. The van der Waals surface area contributed by atoms with Gasteiger partial charge in [0.15, 0.2) is 0 Å². The maximum absolute atomic E-state index is 9.99. The Morgan fingerprint density at radius 1 is 1.33 bits per heavy atom. The van der Waals surface area contributed by atoms with Gasteiger partial charge in [-0.1, -0.05) is 26.0 Å². The lowest BCUT2D eigenvalue weighted by Crippen LogP contribution is -2.23. The van der Waals surface area contributed by atoms with Crippen molar-refractivity contribution in [3.05, 3.63) is 24.8 Å². The zero-order chi connectivity index (χ0) is 12.3. The van der Waals surface area contributed by atoms with Crippen molar-refractivity contribution in [3.63, 3.8) is 0 Å². The molecule has 0 spiro atoms. The van der Waals surface area contributed by atoms with Gasteiger partial charge in [0.05, 0.1) is 5.97 Å². The lowest BCUT2D eigenvalue weighted by atomic mass is 10.1. The Morgan fingerprint density at radius 3 is 2.07 bits per heavy atom. The first-order chi connectivity index (χ1) is 6.95. The Labute approximate surface area is 89.9 Å². The smallest absolute Gasteiger partial charge is 0.0668 e. The van der Waals surface area contributed by atoms with Crippen LogP contribution < -0.4 is 10.2 Å². The monoisotopic (exact) mass is 212 g/mol. The van der Waals surface area contributed by atoms with E-state index >= 15 is 0 Å². The van der Waals surface area contributed by atoms with Crippen molar-refractivity contribution in [3.8, 4) is 0 Å². The largest absolute Gasteiger partial charge is 0.550 e. The Bertz CT molecular complexity index is 231. The molecule has 0 amide bonds. The third-order valence-corrected chi connectivity index (χ3v) is 1.43. The third-order valence-electron chi connectivity index (χ3n) is 1.43. The lowest BCUT2D eigenvalue weighted by molar-refractivity contribution is -0.304. The minimum Gasteiger partial charge on any atom is -0.550 e. The van der Waals surface area contributed by atoms with Crippen molar-refractivity contribution in [2.24, 2.45) is 0 Å². The van der Waals surface area contributed by atoms with Crippen molar-refractivity contribution in [2.45, 2.75) is 32.6 Å². The lowest BCUT2D eigenvalue weighted by Gasteiger charge is -2.03. The quantitative estimate of drug-likeness (QED) is 0.451. The third kappa shape index (κ3) is 15.2. The summed E-state index contributed by atoms with van der Waals surface area (Å²) in [6.45, 7) is 8.51. The van der Waals surface area contributed by atoms with Crippen molar-refractivity contribution >= 4 is 11.9 Å². The molecule has 0 N–H and O–H groups in total. The first-order valence-electron chi connectivity index (χ1n) is 4.65. The van der Waals surface area contributed by atoms with Gasteiger partial charge in [-0.05, 0) is 18.4 Å². The second kappa shape index (κ2) is 10.5. The fourth-order valence-corrected chi connectivity index (χ4v) is 0.610. The zero-order valence-corrected chi connectivity index (χ0v) is 8.95. The number of aliphatic carboxylic acids is 2. The number of rotatable bonds is 6. The predicted octanol–water partition coefficient (Wildman–Crippen LogP) is -0.205. The van der Waals surface area contributed by atoms with E-state index in [9.17, 15) is 19.8 Å². The van der Waals surface area contributed by atoms with E-state index in [-0.39, 0.29) is 12.0 Å². The normalized spacial score (nSPS) is 8.33. The molecule has 0 atom stereocenters. The molecule has 0 fully saturated rings. The van der Waals surface area contributed by atoms with Gasteiger partial charge in [0.1, 0.15) is 0 Å². The summed E-state index contributed by atoms with van der Waals surface area (Å²) in [5, 5.41) is 19.4. The molecule has 86 valence electrons. The van der Waals surface area contributed by atoms with E-state index in [0.29, 0.717) is 6.42 Å². The molecule has 15 heavy (non-hydrogen) atoms. The van der Waals surface area contributed by atoms with Gasteiger partial charge in [-0.15, -0.1) is 6.58 Å². The van der Waals surface area contributed by atoms with Crippen molar-refractivity contribution < 1.29 is 19.8 Å². The minimum absolute atomic E-state index is 0.0556. The molecule has 0 saturated carbocycles. The number of hydrogen-bond donors (Lipinski definition) is 0. The van der Waals surface area contributed by atoms with Gasteiger partial charge in [-0.25, -0.2) is 0 Å². The van der Waals surface area contributed by atoms with Gasteiger partial charge in [-0.2, -0.15) is 0 Å². The highest BCUT2D eigenvalue weighted by Gasteiger charge is 1.91. The molecule has 0 heterocycles. The summed E-state index contributed by atoms with van der Waals surface area (Å²) in [5.74, 6) is -2.20. The van der Waals surface area contributed by atoms with E-state index in [0.717, 1.165) is 12.8 Å². The molecule has 0 radical (unpaired) electrons. The van der Waals surface area contributed by atoms with Crippen LogP contribution in [0.5, 0.6) is 0 Å². The van der Waals surface area contributed by atoms with Gasteiger partial charge in [0, 0.05) is 12.4 Å². The standard InChI is InChI=1S/C7H12O2.C4H6O2/c1-3-4-5-6(2)7(8)9;1-2-3-4(5)6/h2-5H2,1H3,(H,8,9);2H,1,3H2,(H,5,6)/p-2. The molecular formula is C11H16O4-2. The molecule has 0 bridgehead atoms. The van der Waals surface area contributed by atoms with Gasteiger partial charge >= 0.3 is 0 Å². The van der Waals surface area contributed by atoms with Gasteiger partial charge in [0.25, 0.3) is 0 Å². The van der Waals surface area contributed by atoms with E-state index in [4.69, 9.17) is 0 Å². The van der Waals surface area contributed by atoms with Crippen LogP contribution in [0.15, 0.2) is 24.8 Å². The van der Waals surface area contributed by atoms with Crippen molar-refractivity contribution in [2.75, 3.05) is 0 Å². The van der Waals surface area contributed by atoms with Crippen LogP contribution in [0.1, 0.15) is 32.6 Å². The first kappa shape index (κ1) is 15.9. The average Bonchev–Trinajstić information content (AvgIpc) is 2.14. The van der Waals surface area contributed by atoms with E-state index in [1.54, 1.807) is 0 Å². The highest BCUT2D eigenvalue weighted by molar-refractivity contribution is 5.83. The molecule has 0 unspecified atom stereocenters.